The van der Waals surface area contributed by atoms with Crippen molar-refractivity contribution in [2.45, 2.75) is 0 Å². The number of hydrogen-bond acceptors (Lipinski definition) is 5. The summed E-state index contributed by atoms with van der Waals surface area (Å²) in [6, 6.07) is 14.7. The number of phenols is 1. The van der Waals surface area contributed by atoms with Gasteiger partial charge in [0.05, 0.1) is 22.3 Å². The molecule has 1 fully saturated rings. The molecule has 33 heavy (non-hydrogen) atoms. The van der Waals surface area contributed by atoms with Gasteiger partial charge in [-0.3, -0.25) is 9.89 Å². The predicted molar refractivity (Wildman–Crippen MR) is 125 cm³/mol. The van der Waals surface area contributed by atoms with Crippen LogP contribution in [0.3, 0.4) is 0 Å². The first-order valence-electron chi connectivity index (χ1n) is 10.7. The topological polar surface area (TPSA) is 94.1 Å². The molecule has 0 saturated carbocycles. The Hall–Kier alpha value is -4.04. The molecule has 0 atom stereocenters. The molecule has 8 heteroatoms. The number of aromatic amines is 1. The molecule has 4 aromatic rings. The average Bonchev–Trinajstić information content (AvgIpc) is 3.26. The summed E-state index contributed by atoms with van der Waals surface area (Å²) in [5.74, 6) is -0.257. The van der Waals surface area contributed by atoms with Gasteiger partial charge in [0, 0.05) is 31.7 Å². The minimum absolute atomic E-state index is 0.0919. The summed E-state index contributed by atoms with van der Waals surface area (Å²) >= 11 is 0. The Morgan fingerprint density at radius 2 is 1.85 bits per heavy atom. The van der Waals surface area contributed by atoms with Crippen LogP contribution in [0.25, 0.3) is 34.4 Å². The second-order valence-electron chi connectivity index (χ2n) is 7.86. The normalized spacial score (nSPS) is 14.3. The van der Waals surface area contributed by atoms with Crippen LogP contribution in [0.4, 0.5) is 4.39 Å². The number of rotatable bonds is 4. The van der Waals surface area contributed by atoms with Gasteiger partial charge in [0.15, 0.2) is 5.65 Å². The van der Waals surface area contributed by atoms with Crippen molar-refractivity contribution in [3.63, 3.8) is 0 Å². The molecule has 1 aliphatic rings. The molecule has 1 aliphatic heterocycles. The van der Waals surface area contributed by atoms with Gasteiger partial charge in [-0.25, -0.2) is 9.37 Å². The lowest BCUT2D eigenvalue weighted by Crippen LogP contribution is -2.46. The third-order valence-corrected chi connectivity index (χ3v) is 5.64. The molecule has 7 nitrogen and oxygen atoms in total. The molecular weight excluding hydrogens is 421 g/mol. The van der Waals surface area contributed by atoms with Gasteiger partial charge >= 0.3 is 0 Å². The minimum atomic E-state index is -0.321. The van der Waals surface area contributed by atoms with Crippen LogP contribution < -0.4 is 5.32 Å². The van der Waals surface area contributed by atoms with Crippen LogP contribution in [0.5, 0.6) is 5.75 Å². The van der Waals surface area contributed by atoms with E-state index in [2.05, 4.69) is 20.5 Å². The molecule has 0 radical (unpaired) electrons. The van der Waals surface area contributed by atoms with Gasteiger partial charge in [0.2, 0.25) is 0 Å². The van der Waals surface area contributed by atoms with Crippen molar-refractivity contribution in [1.29, 1.82) is 0 Å². The van der Waals surface area contributed by atoms with Crippen LogP contribution in [0.15, 0.2) is 54.6 Å². The van der Waals surface area contributed by atoms with Gasteiger partial charge < -0.3 is 15.3 Å². The van der Waals surface area contributed by atoms with Crippen molar-refractivity contribution in [1.82, 2.24) is 25.4 Å². The fraction of sp³-hybridized carbons (Fsp3) is 0.160. The van der Waals surface area contributed by atoms with Gasteiger partial charge in [0.25, 0.3) is 5.91 Å². The summed E-state index contributed by atoms with van der Waals surface area (Å²) in [7, 11) is 0. The van der Waals surface area contributed by atoms with Gasteiger partial charge in [0.1, 0.15) is 11.6 Å². The van der Waals surface area contributed by atoms with Gasteiger partial charge in [-0.1, -0.05) is 18.2 Å². The monoisotopic (exact) mass is 443 g/mol. The summed E-state index contributed by atoms with van der Waals surface area (Å²) in [5.41, 5.74) is 3.60. The Labute approximate surface area is 189 Å². The summed E-state index contributed by atoms with van der Waals surface area (Å²) in [4.78, 5) is 20.0. The molecule has 3 heterocycles. The number of H-pyrrole nitrogens is 1. The molecule has 5 rings (SSSR count). The molecule has 1 amide bonds. The maximum absolute atomic E-state index is 13.6. The van der Waals surface area contributed by atoms with Crippen molar-refractivity contribution in [2.75, 3.05) is 26.2 Å². The highest BCUT2D eigenvalue weighted by atomic mass is 19.1. The number of carbonyl (C=O) groups is 1. The molecule has 3 N–H and O–H groups in total. The molecule has 2 aromatic heterocycles. The number of halogens is 1. The minimum Gasteiger partial charge on any atom is -0.508 e. The number of pyridine rings is 1. The largest absolute Gasteiger partial charge is 0.508 e. The Kier molecular flexibility index (Phi) is 5.58. The van der Waals surface area contributed by atoms with Crippen molar-refractivity contribution < 1.29 is 14.3 Å². The smallest absolute Gasteiger partial charge is 0.254 e. The molecule has 1 saturated heterocycles. The van der Waals surface area contributed by atoms with E-state index in [-0.39, 0.29) is 17.5 Å². The lowest BCUT2D eigenvalue weighted by Gasteiger charge is -2.27. The standard InChI is InChI=1S/C25H22FN5O2/c26-18-3-1-2-16(14-18)4-9-21-23-20(25(33)31-12-10-27-11-13-31)15-22(28-24(23)30-29-21)17-5-7-19(32)8-6-17/h1-9,14-15,27,32H,10-13H2,(H,28,29,30). The molecule has 0 spiro atoms. The number of piperazine rings is 1. The number of benzene rings is 2. The van der Waals surface area contributed by atoms with Crippen LogP contribution in [0.2, 0.25) is 0 Å². The zero-order valence-corrected chi connectivity index (χ0v) is 17.8. The molecule has 0 bridgehead atoms. The van der Waals surface area contributed by atoms with Gasteiger partial charge in [-0.05, 0) is 54.1 Å². The van der Waals surface area contributed by atoms with E-state index in [1.807, 2.05) is 4.90 Å². The highest BCUT2D eigenvalue weighted by molar-refractivity contribution is 6.09. The Bertz CT molecular complexity index is 1340. The number of fused-ring (bicyclic) bond motifs is 1. The summed E-state index contributed by atoms with van der Waals surface area (Å²) in [5, 5.41) is 20.8. The third kappa shape index (κ3) is 4.33. The third-order valence-electron chi connectivity index (χ3n) is 5.64. The fourth-order valence-corrected chi connectivity index (χ4v) is 3.95. The molecule has 0 unspecified atom stereocenters. The summed E-state index contributed by atoms with van der Waals surface area (Å²) < 4.78 is 13.6. The Morgan fingerprint density at radius 3 is 2.61 bits per heavy atom. The van der Waals surface area contributed by atoms with E-state index in [0.717, 1.165) is 18.7 Å². The van der Waals surface area contributed by atoms with E-state index in [0.29, 0.717) is 46.6 Å². The van der Waals surface area contributed by atoms with Crippen molar-refractivity contribution in [2.24, 2.45) is 0 Å². The Morgan fingerprint density at radius 1 is 1.06 bits per heavy atom. The zero-order valence-electron chi connectivity index (χ0n) is 17.8. The lowest BCUT2D eigenvalue weighted by atomic mass is 10.0. The van der Waals surface area contributed by atoms with Crippen molar-refractivity contribution in [3.05, 3.63) is 77.2 Å². The SMILES string of the molecule is O=C(c1cc(-c2ccc(O)cc2)nc2[nH]nc(C=Cc3cccc(F)c3)c12)N1CCNCC1. The Balaban J connectivity index is 1.62. The number of nitrogens with one attached hydrogen (secondary N) is 2. The van der Waals surface area contributed by atoms with Crippen molar-refractivity contribution in [3.8, 4) is 17.0 Å². The van der Waals surface area contributed by atoms with Crippen LogP contribution in [-0.4, -0.2) is 57.3 Å². The van der Waals surface area contributed by atoms with E-state index in [1.54, 1.807) is 54.6 Å². The van der Waals surface area contributed by atoms with E-state index in [9.17, 15) is 14.3 Å². The number of amides is 1. The highest BCUT2D eigenvalue weighted by Crippen LogP contribution is 2.29. The second kappa shape index (κ2) is 8.84. The van der Waals surface area contributed by atoms with Crippen molar-refractivity contribution >= 4 is 29.1 Å². The van der Waals surface area contributed by atoms with Gasteiger partial charge in [-0.15, -0.1) is 0 Å². The van der Waals surface area contributed by atoms with Crippen LogP contribution in [-0.2, 0) is 0 Å². The molecule has 0 aliphatic carbocycles. The molecular formula is C25H22FN5O2. The number of hydrogen-bond donors (Lipinski definition) is 3. The first-order valence-corrected chi connectivity index (χ1v) is 10.7. The number of phenolic OH excluding ortho intramolecular Hbond substituents is 1. The second-order valence-corrected chi connectivity index (χ2v) is 7.86. The zero-order chi connectivity index (χ0) is 22.8. The molecule has 2 aromatic carbocycles. The average molecular weight is 443 g/mol. The first-order chi connectivity index (χ1) is 16.1. The van der Waals surface area contributed by atoms with E-state index in [1.165, 1.54) is 12.1 Å². The van der Waals surface area contributed by atoms with E-state index >= 15 is 0 Å². The van der Waals surface area contributed by atoms with Crippen LogP contribution in [0.1, 0.15) is 21.6 Å². The number of nitrogens with zero attached hydrogens (tertiary/aromatic N) is 3. The number of aromatic nitrogens is 3. The number of carbonyl (C=O) groups excluding carboxylic acids is 1. The fourth-order valence-electron chi connectivity index (χ4n) is 3.95. The van der Waals surface area contributed by atoms with Crippen LogP contribution in [0, 0.1) is 5.82 Å². The van der Waals surface area contributed by atoms with E-state index < -0.39 is 0 Å². The summed E-state index contributed by atoms with van der Waals surface area (Å²) in [6.45, 7) is 2.71. The lowest BCUT2D eigenvalue weighted by molar-refractivity contribution is 0.0737. The quantitative estimate of drug-likeness (QED) is 0.447. The maximum atomic E-state index is 13.6. The molecule has 166 valence electrons. The maximum Gasteiger partial charge on any atom is 0.254 e. The predicted octanol–water partition coefficient (Wildman–Crippen LogP) is 3.69. The number of aromatic hydroxyl groups is 1. The first kappa shape index (κ1) is 20.8. The highest BCUT2D eigenvalue weighted by Gasteiger charge is 2.24. The van der Waals surface area contributed by atoms with Crippen LogP contribution >= 0.6 is 0 Å². The summed E-state index contributed by atoms with van der Waals surface area (Å²) in [6.07, 6.45) is 3.51. The van der Waals surface area contributed by atoms with Gasteiger partial charge in [-0.2, -0.15) is 5.10 Å². The van der Waals surface area contributed by atoms with E-state index in [4.69, 9.17) is 0 Å².